The number of hydrogen-bond donors (Lipinski definition) is 0. The second-order valence-corrected chi connectivity index (χ2v) is 20.6. The molecular formula is C11H30O5Si5. The normalized spacial score (nSPS) is 15.5. The number of esters is 1. The van der Waals surface area contributed by atoms with Crippen molar-refractivity contribution >= 4 is 52.4 Å². The molecule has 0 heterocycles. The summed E-state index contributed by atoms with van der Waals surface area (Å²) in [5.74, 6) is -0.577. The zero-order valence-electron chi connectivity index (χ0n) is 14.8. The second kappa shape index (κ2) is 8.71. The molecule has 21 heavy (non-hydrogen) atoms. The molecule has 10 heteroatoms. The van der Waals surface area contributed by atoms with Crippen LogP contribution in [0.15, 0.2) is 10.9 Å². The minimum Gasteiger partial charge on any atom is -0.466 e. The fraction of sp³-hybridized carbons (Fsp3) is 0.727. The van der Waals surface area contributed by atoms with Crippen molar-refractivity contribution in [3.05, 3.63) is 10.9 Å². The summed E-state index contributed by atoms with van der Waals surface area (Å²) in [5, 5.41) is 0.702. The van der Waals surface area contributed by atoms with Gasteiger partial charge in [0.1, 0.15) is 10.5 Å². The van der Waals surface area contributed by atoms with E-state index in [4.69, 9.17) is 17.7 Å². The molecule has 0 aliphatic heterocycles. The van der Waals surface area contributed by atoms with Crippen molar-refractivity contribution in [1.29, 1.82) is 0 Å². The van der Waals surface area contributed by atoms with E-state index in [9.17, 15) is 4.79 Å². The van der Waals surface area contributed by atoms with Crippen LogP contribution in [0.1, 0.15) is 0 Å². The van der Waals surface area contributed by atoms with Gasteiger partial charge in [-0.05, 0) is 39.3 Å². The van der Waals surface area contributed by atoms with Crippen LogP contribution in [-0.2, 0) is 22.5 Å². The first-order chi connectivity index (χ1) is 9.39. The van der Waals surface area contributed by atoms with Gasteiger partial charge in [-0.2, -0.15) is 0 Å². The predicted octanol–water partition coefficient (Wildman–Crippen LogP) is -0.463. The summed E-state index contributed by atoms with van der Waals surface area (Å²) in [6.07, 6.45) is 0. The monoisotopic (exact) mass is 382 g/mol. The summed E-state index contributed by atoms with van der Waals surface area (Å²) in [6.45, 7) is 12.8. The van der Waals surface area contributed by atoms with Crippen LogP contribution in [0.4, 0.5) is 0 Å². The first-order valence-electron chi connectivity index (χ1n) is 7.05. The van der Waals surface area contributed by atoms with Crippen LogP contribution in [0, 0.1) is 0 Å². The lowest BCUT2D eigenvalue weighted by Crippen LogP contribution is -2.48. The van der Waals surface area contributed by atoms with Crippen LogP contribution >= 0.6 is 0 Å². The number of carbonyl (C=O) groups excluding carboxylic acids is 1. The molecule has 0 fully saturated rings. The van der Waals surface area contributed by atoms with Gasteiger partial charge in [-0.1, -0.05) is 5.70 Å². The van der Waals surface area contributed by atoms with Gasteiger partial charge in [0.15, 0.2) is 22.5 Å². The van der Waals surface area contributed by atoms with E-state index in [-0.39, 0.29) is 11.9 Å². The molecule has 0 aromatic heterocycles. The lowest BCUT2D eigenvalue weighted by molar-refractivity contribution is -0.135. The maximum atomic E-state index is 11.6. The van der Waals surface area contributed by atoms with Crippen molar-refractivity contribution in [2.75, 3.05) is 7.11 Å². The third-order valence-electron chi connectivity index (χ3n) is 2.40. The minimum absolute atomic E-state index is 0.266. The van der Waals surface area contributed by atoms with Gasteiger partial charge >= 0.3 is 5.97 Å². The summed E-state index contributed by atoms with van der Waals surface area (Å²) in [6, 6.07) is 0. The van der Waals surface area contributed by atoms with E-state index in [1.807, 2.05) is 5.70 Å². The van der Waals surface area contributed by atoms with E-state index in [0.717, 1.165) is 0 Å². The quantitative estimate of drug-likeness (QED) is 0.246. The molecule has 0 aliphatic rings. The van der Waals surface area contributed by atoms with Gasteiger partial charge in [-0.15, -0.1) is 0 Å². The van der Waals surface area contributed by atoms with Crippen LogP contribution in [0.5, 0.6) is 0 Å². The molecule has 0 aromatic rings. The molecule has 1 unspecified atom stereocenters. The predicted molar refractivity (Wildman–Crippen MR) is 101 cm³/mol. The lowest BCUT2D eigenvalue weighted by atomic mass is 10.6. The Balaban J connectivity index is 5.29. The smallest absolute Gasteiger partial charge is 0.327 e. The number of ether oxygens (including phenoxy) is 1. The van der Waals surface area contributed by atoms with Crippen molar-refractivity contribution in [2.45, 2.75) is 45.2 Å². The van der Waals surface area contributed by atoms with Crippen LogP contribution in [-0.4, -0.2) is 65.4 Å². The molecule has 0 rings (SSSR count). The highest BCUT2D eigenvalue weighted by Crippen LogP contribution is 2.17. The maximum Gasteiger partial charge on any atom is 0.327 e. The Morgan fingerprint density at radius 2 is 1.52 bits per heavy atom. The fourth-order valence-corrected chi connectivity index (χ4v) is 10.1. The van der Waals surface area contributed by atoms with Crippen LogP contribution < -0.4 is 0 Å². The van der Waals surface area contributed by atoms with Crippen LogP contribution in [0.2, 0.25) is 39.3 Å². The summed E-state index contributed by atoms with van der Waals surface area (Å²) < 4.78 is 23.0. The average molecular weight is 383 g/mol. The van der Waals surface area contributed by atoms with E-state index in [1.54, 1.807) is 0 Å². The molecule has 1 atom stereocenters. The Hall–Kier alpha value is 0.174. The molecule has 0 spiro atoms. The Kier molecular flexibility index (Phi) is 8.79. The lowest BCUT2D eigenvalue weighted by Gasteiger charge is -2.34. The average Bonchev–Trinajstić information content (AvgIpc) is 2.30. The molecule has 0 aromatic carbocycles. The van der Waals surface area contributed by atoms with Gasteiger partial charge in [-0.3, -0.25) is 0 Å². The topological polar surface area (TPSA) is 54.0 Å². The number of methoxy groups -OCH3 is 1. The molecule has 5 nitrogen and oxygen atoms in total. The highest BCUT2D eigenvalue weighted by atomic mass is 28.4. The van der Waals surface area contributed by atoms with Gasteiger partial charge in [0.2, 0.25) is 9.04 Å². The molecule has 0 bridgehead atoms. The molecule has 124 valence electrons. The number of hydrogen-bond acceptors (Lipinski definition) is 5. The molecule has 0 aliphatic carbocycles. The van der Waals surface area contributed by atoms with Gasteiger partial charge in [0.05, 0.1) is 7.11 Å². The van der Waals surface area contributed by atoms with Gasteiger partial charge < -0.3 is 17.7 Å². The number of rotatable bonds is 8. The Morgan fingerprint density at radius 1 is 1.10 bits per heavy atom. The third kappa shape index (κ3) is 9.73. The van der Waals surface area contributed by atoms with E-state index in [1.165, 1.54) is 7.11 Å². The Morgan fingerprint density at radius 3 is 1.81 bits per heavy atom. The highest BCUT2D eigenvalue weighted by Gasteiger charge is 2.33. The Labute approximate surface area is 138 Å². The molecule has 0 saturated heterocycles. The zero-order chi connectivity index (χ0) is 16.8. The van der Waals surface area contributed by atoms with Crippen molar-refractivity contribution in [3.8, 4) is 0 Å². The molecule has 0 N–H and O–H groups in total. The maximum absolute atomic E-state index is 11.6. The van der Waals surface area contributed by atoms with Crippen molar-refractivity contribution in [1.82, 2.24) is 0 Å². The fourth-order valence-electron chi connectivity index (χ4n) is 1.59. The summed E-state index contributed by atoms with van der Waals surface area (Å²) in [7, 11) is -2.76. The zero-order valence-corrected chi connectivity index (χ0v) is 21.9. The first kappa shape index (κ1) is 21.2. The number of carbonyl (C=O) groups is 1. The van der Waals surface area contributed by atoms with E-state index < -0.39 is 25.7 Å². The van der Waals surface area contributed by atoms with E-state index in [0.29, 0.717) is 25.9 Å². The third-order valence-corrected chi connectivity index (χ3v) is 10.0. The summed E-state index contributed by atoms with van der Waals surface area (Å²) >= 11 is 0. The molecular weight excluding hydrogens is 353 g/mol. The standard InChI is InChI=1S/C11H30O5Si5/c1-13-10(12)9(17)8-19(16-18)11(14-20(2,3)4)15-21(5,6)7/h8,11,19H,1-7,17-18H3. The largest absolute Gasteiger partial charge is 0.466 e. The minimum atomic E-state index is -1.90. The molecule has 0 saturated carbocycles. The summed E-state index contributed by atoms with van der Waals surface area (Å²) in [5.41, 5.74) is 1.94. The van der Waals surface area contributed by atoms with E-state index in [2.05, 4.69) is 39.3 Å². The van der Waals surface area contributed by atoms with Crippen molar-refractivity contribution in [3.63, 3.8) is 0 Å². The second-order valence-electron chi connectivity index (χ2n) is 6.87. The van der Waals surface area contributed by atoms with Crippen LogP contribution in [0.25, 0.3) is 0 Å². The van der Waals surface area contributed by atoms with Crippen molar-refractivity contribution < 1.29 is 22.5 Å². The highest BCUT2D eigenvalue weighted by molar-refractivity contribution is 6.74. The molecule has 0 radical (unpaired) electrons. The van der Waals surface area contributed by atoms with Crippen molar-refractivity contribution in [2.24, 2.45) is 0 Å². The Bertz CT molecular complexity index is 358. The SMILES string of the molecule is COC(=O)C([SiH3])=C[SiH](O[SiH3])C(O[Si](C)(C)C)O[Si](C)(C)C. The molecule has 0 amide bonds. The van der Waals surface area contributed by atoms with E-state index >= 15 is 0 Å². The van der Waals surface area contributed by atoms with Crippen LogP contribution in [0.3, 0.4) is 0 Å². The van der Waals surface area contributed by atoms with Gasteiger partial charge in [0, 0.05) is 15.4 Å². The summed E-state index contributed by atoms with van der Waals surface area (Å²) in [4.78, 5) is 11.6. The first-order valence-corrected chi connectivity index (χ1v) is 17.5. The van der Waals surface area contributed by atoms with Gasteiger partial charge in [-0.25, -0.2) is 4.79 Å². The van der Waals surface area contributed by atoms with Gasteiger partial charge in [0.25, 0.3) is 0 Å².